The van der Waals surface area contributed by atoms with E-state index in [0.717, 1.165) is 41.8 Å². The Morgan fingerprint density at radius 2 is 1.54 bits per heavy atom. The second-order valence-corrected chi connectivity index (χ2v) is 13.2. The predicted molar refractivity (Wildman–Crippen MR) is 152 cm³/mol. The van der Waals surface area contributed by atoms with E-state index in [1.807, 2.05) is 38.1 Å². The van der Waals surface area contributed by atoms with Crippen LogP contribution in [-0.2, 0) is 4.74 Å². The lowest BCUT2D eigenvalue weighted by Crippen LogP contribution is -2.41. The highest BCUT2D eigenvalue weighted by Crippen LogP contribution is 2.39. The Morgan fingerprint density at radius 1 is 0.846 bits per heavy atom. The van der Waals surface area contributed by atoms with E-state index in [1.54, 1.807) is 0 Å². The number of nitrogens with zero attached hydrogens (tertiary/aromatic N) is 5. The lowest BCUT2D eigenvalue weighted by molar-refractivity contribution is 0.0204. The van der Waals surface area contributed by atoms with Gasteiger partial charge >= 0.3 is 6.09 Å². The monoisotopic (exact) mass is 532 g/mol. The first kappa shape index (κ1) is 26.5. The number of rotatable bonds is 7. The summed E-state index contributed by atoms with van der Waals surface area (Å²) in [5.41, 5.74) is 3.13. The van der Waals surface area contributed by atoms with E-state index >= 15 is 0 Å². The van der Waals surface area contributed by atoms with Gasteiger partial charge in [-0.25, -0.2) is 14.8 Å². The molecule has 39 heavy (non-hydrogen) atoms. The van der Waals surface area contributed by atoms with E-state index in [-0.39, 0.29) is 6.09 Å². The van der Waals surface area contributed by atoms with Gasteiger partial charge in [-0.15, -0.1) is 0 Å². The first-order valence-electron chi connectivity index (χ1n) is 15.1. The smallest absolute Gasteiger partial charge is 0.410 e. The van der Waals surface area contributed by atoms with Crippen molar-refractivity contribution in [1.82, 2.24) is 24.8 Å². The molecule has 2 aromatic heterocycles. The fraction of sp³-hybridized carbons (Fsp3) is 0.677. The summed E-state index contributed by atoms with van der Waals surface area (Å²) in [5, 5.41) is 3.47. The highest BCUT2D eigenvalue weighted by atomic mass is 16.6. The van der Waals surface area contributed by atoms with Crippen LogP contribution >= 0.6 is 0 Å². The third-order valence-corrected chi connectivity index (χ3v) is 8.63. The van der Waals surface area contributed by atoms with Crippen molar-refractivity contribution in [3.05, 3.63) is 41.5 Å². The van der Waals surface area contributed by atoms with Crippen LogP contribution in [0.25, 0.3) is 0 Å². The average Bonchev–Trinajstić information content (AvgIpc) is 3.84. The minimum absolute atomic E-state index is 0.212. The van der Waals surface area contributed by atoms with E-state index in [0.29, 0.717) is 30.8 Å². The standard InChI is InChI=1S/C31H44N6O2/c1-31(2,3)39-30(38)37-14-10-24(11-15-37)26-16-25(22-8-12-36(13-9-22)20-21-4-5-21)17-28(34-26)35-29-19-32-27(18-33-29)23-6-7-23/h16-19,21-24H,4-15,20H2,1-3H3,(H,33,34,35). The molecule has 0 bridgehead atoms. The van der Waals surface area contributed by atoms with Gasteiger partial charge in [0.1, 0.15) is 17.2 Å². The molecule has 1 N–H and O–H groups in total. The molecular weight excluding hydrogens is 488 g/mol. The summed E-state index contributed by atoms with van der Waals surface area (Å²) in [5.74, 6) is 4.01. The van der Waals surface area contributed by atoms with Crippen LogP contribution in [0.4, 0.5) is 16.4 Å². The Hall–Kier alpha value is -2.74. The Bertz CT molecular complexity index is 1140. The van der Waals surface area contributed by atoms with Gasteiger partial charge in [-0.1, -0.05) is 0 Å². The molecule has 8 nitrogen and oxygen atoms in total. The first-order chi connectivity index (χ1) is 18.8. The number of nitrogens with one attached hydrogen (secondary N) is 1. The summed E-state index contributed by atoms with van der Waals surface area (Å²) >= 11 is 0. The van der Waals surface area contributed by atoms with Gasteiger partial charge in [-0.3, -0.25) is 4.98 Å². The van der Waals surface area contributed by atoms with Crippen LogP contribution in [0.5, 0.6) is 0 Å². The molecule has 0 radical (unpaired) electrons. The fourth-order valence-electron chi connectivity index (χ4n) is 6.01. The van der Waals surface area contributed by atoms with E-state index < -0.39 is 5.60 Å². The molecular formula is C31H44N6O2. The van der Waals surface area contributed by atoms with E-state index in [4.69, 9.17) is 9.72 Å². The number of carbonyl (C=O) groups is 1. The molecule has 6 rings (SSSR count). The van der Waals surface area contributed by atoms with Gasteiger partial charge in [0.25, 0.3) is 0 Å². The maximum Gasteiger partial charge on any atom is 0.410 e. The molecule has 210 valence electrons. The average molecular weight is 533 g/mol. The third-order valence-electron chi connectivity index (χ3n) is 8.63. The molecule has 8 heteroatoms. The highest BCUT2D eigenvalue weighted by Gasteiger charge is 2.31. The Labute approximate surface area is 232 Å². The van der Waals surface area contributed by atoms with Gasteiger partial charge < -0.3 is 19.9 Å². The van der Waals surface area contributed by atoms with Gasteiger partial charge in [-0.2, -0.15) is 0 Å². The van der Waals surface area contributed by atoms with Gasteiger partial charge in [0.2, 0.25) is 0 Å². The van der Waals surface area contributed by atoms with Crippen molar-refractivity contribution >= 4 is 17.7 Å². The summed E-state index contributed by atoms with van der Waals surface area (Å²) < 4.78 is 5.61. The second-order valence-electron chi connectivity index (χ2n) is 13.2. The summed E-state index contributed by atoms with van der Waals surface area (Å²) in [6, 6.07) is 4.58. The van der Waals surface area contributed by atoms with Crippen molar-refractivity contribution in [2.45, 2.75) is 95.5 Å². The quantitative estimate of drug-likeness (QED) is 0.455. The Kier molecular flexibility index (Phi) is 7.49. The van der Waals surface area contributed by atoms with Crippen LogP contribution in [0.15, 0.2) is 24.5 Å². The minimum atomic E-state index is -0.474. The maximum atomic E-state index is 12.6. The topological polar surface area (TPSA) is 83.5 Å². The lowest BCUT2D eigenvalue weighted by Gasteiger charge is -2.34. The number of carbonyl (C=O) groups excluding carboxylic acids is 1. The summed E-state index contributed by atoms with van der Waals surface area (Å²) in [4.78, 5) is 31.5. The van der Waals surface area contributed by atoms with Crippen LogP contribution in [0.3, 0.4) is 0 Å². The zero-order valence-corrected chi connectivity index (χ0v) is 23.9. The number of hydrogen-bond acceptors (Lipinski definition) is 7. The highest BCUT2D eigenvalue weighted by molar-refractivity contribution is 5.68. The van der Waals surface area contributed by atoms with E-state index in [9.17, 15) is 4.79 Å². The number of hydrogen-bond donors (Lipinski definition) is 1. The molecule has 0 aromatic carbocycles. The molecule has 2 aromatic rings. The number of likely N-dealkylation sites (tertiary alicyclic amines) is 2. The maximum absolute atomic E-state index is 12.6. The second kappa shape index (κ2) is 11.0. The molecule has 0 atom stereocenters. The first-order valence-corrected chi connectivity index (χ1v) is 15.1. The molecule has 4 fully saturated rings. The summed E-state index contributed by atoms with van der Waals surface area (Å²) in [6.07, 6.45) is 13.0. The van der Waals surface area contributed by atoms with Gasteiger partial charge in [0.05, 0.1) is 18.1 Å². The lowest BCUT2D eigenvalue weighted by atomic mass is 9.86. The minimum Gasteiger partial charge on any atom is -0.444 e. The number of aromatic nitrogens is 3. The Balaban J connectivity index is 1.17. The van der Waals surface area contributed by atoms with Crippen molar-refractivity contribution in [2.24, 2.45) is 5.92 Å². The number of ether oxygens (including phenoxy) is 1. The van der Waals surface area contributed by atoms with Gasteiger partial charge in [0.15, 0.2) is 0 Å². The number of anilines is 2. The van der Waals surface area contributed by atoms with Crippen molar-refractivity contribution in [2.75, 3.05) is 38.0 Å². The van der Waals surface area contributed by atoms with Crippen LogP contribution in [0, 0.1) is 5.92 Å². The molecule has 2 saturated heterocycles. The zero-order chi connectivity index (χ0) is 27.0. The van der Waals surface area contributed by atoms with Crippen molar-refractivity contribution < 1.29 is 9.53 Å². The normalized spacial score (nSPS) is 21.7. The van der Waals surface area contributed by atoms with Crippen molar-refractivity contribution in [3.63, 3.8) is 0 Å². The molecule has 4 aliphatic rings. The number of amides is 1. The SMILES string of the molecule is CC(C)(C)OC(=O)N1CCC(c2cc(C3CCN(CC4CC4)CC3)cc(Nc3cnc(C4CC4)cn3)n2)CC1. The van der Waals surface area contributed by atoms with Gasteiger partial charge in [0, 0.05) is 37.2 Å². The number of pyridine rings is 1. The predicted octanol–water partition coefficient (Wildman–Crippen LogP) is 6.20. The van der Waals surface area contributed by atoms with E-state index in [1.165, 1.54) is 63.7 Å². The molecule has 4 heterocycles. The molecule has 2 saturated carbocycles. The van der Waals surface area contributed by atoms with Gasteiger partial charge in [-0.05, 0) is 115 Å². The van der Waals surface area contributed by atoms with Crippen molar-refractivity contribution in [3.8, 4) is 0 Å². The fourth-order valence-corrected chi connectivity index (χ4v) is 6.01. The van der Waals surface area contributed by atoms with Crippen LogP contribution in [0.1, 0.15) is 107 Å². The van der Waals surface area contributed by atoms with Crippen molar-refractivity contribution in [1.29, 1.82) is 0 Å². The molecule has 2 aliphatic carbocycles. The van der Waals surface area contributed by atoms with Crippen LogP contribution in [0.2, 0.25) is 0 Å². The molecule has 0 spiro atoms. The molecule has 2 aliphatic heterocycles. The van der Waals surface area contributed by atoms with Crippen LogP contribution in [-0.4, -0.2) is 69.2 Å². The Morgan fingerprint density at radius 3 is 2.15 bits per heavy atom. The van der Waals surface area contributed by atoms with Crippen LogP contribution < -0.4 is 5.32 Å². The molecule has 0 unspecified atom stereocenters. The largest absolute Gasteiger partial charge is 0.444 e. The molecule has 1 amide bonds. The zero-order valence-electron chi connectivity index (χ0n) is 23.9. The summed E-state index contributed by atoms with van der Waals surface area (Å²) in [6.45, 7) is 10.8. The summed E-state index contributed by atoms with van der Waals surface area (Å²) in [7, 11) is 0. The third kappa shape index (κ3) is 7.07. The number of piperidine rings is 2. The van der Waals surface area contributed by atoms with E-state index in [2.05, 4.69) is 32.3 Å².